The van der Waals surface area contributed by atoms with Crippen LogP contribution >= 0.6 is 0 Å². The molecule has 0 aliphatic heterocycles. The van der Waals surface area contributed by atoms with Crippen LogP contribution in [0.3, 0.4) is 0 Å². The van der Waals surface area contributed by atoms with E-state index in [1.165, 1.54) is 44.1 Å². The maximum absolute atomic E-state index is 5.61. The quantitative estimate of drug-likeness (QED) is 0.560. The molecule has 0 unspecified atom stereocenters. The van der Waals surface area contributed by atoms with Crippen molar-refractivity contribution < 1.29 is 23.6 Å². The molecule has 1 aromatic rings. The zero-order valence-corrected chi connectivity index (χ0v) is 12.1. The molecule has 4 bridgehead atoms. The van der Waals surface area contributed by atoms with Gasteiger partial charge in [-0.25, -0.2) is 0 Å². The Labute approximate surface area is 128 Å². The van der Waals surface area contributed by atoms with Crippen LogP contribution in [0, 0.1) is 23.8 Å². The number of hydrogen-bond donors (Lipinski definition) is 0. The molecule has 0 N–H and O–H groups in total. The first-order chi connectivity index (χ1) is 8.79. The molecule has 4 fully saturated rings. The number of ether oxygens (including phenoxy) is 1. The van der Waals surface area contributed by atoms with E-state index in [4.69, 9.17) is 4.74 Å². The molecule has 0 spiro atoms. The Morgan fingerprint density at radius 3 is 2.21 bits per heavy atom. The van der Waals surface area contributed by atoms with Gasteiger partial charge in [0.2, 0.25) is 0 Å². The van der Waals surface area contributed by atoms with E-state index in [1.54, 1.807) is 7.11 Å². The van der Waals surface area contributed by atoms with Gasteiger partial charge >= 0.3 is 18.9 Å². The van der Waals surface area contributed by atoms with Gasteiger partial charge < -0.3 is 4.74 Å². The molecular formula is C17H21LiO. The van der Waals surface area contributed by atoms with Crippen LogP contribution in [0.1, 0.15) is 44.1 Å². The molecule has 4 aliphatic carbocycles. The fraction of sp³-hybridized carbons (Fsp3) is 0.647. The van der Waals surface area contributed by atoms with Crippen LogP contribution in [0.5, 0.6) is 5.75 Å². The monoisotopic (exact) mass is 248 g/mol. The minimum absolute atomic E-state index is 0. The Morgan fingerprint density at radius 1 is 1.11 bits per heavy atom. The van der Waals surface area contributed by atoms with Crippen LogP contribution in [-0.4, -0.2) is 7.11 Å². The first-order valence-electron chi connectivity index (χ1n) is 7.34. The van der Waals surface area contributed by atoms with Crippen molar-refractivity contribution in [2.45, 2.75) is 43.9 Å². The van der Waals surface area contributed by atoms with E-state index in [0.29, 0.717) is 5.41 Å². The summed E-state index contributed by atoms with van der Waals surface area (Å²) in [5, 5.41) is 0. The fourth-order valence-electron chi connectivity index (χ4n) is 5.45. The Bertz CT molecular complexity index is 433. The Hall–Kier alpha value is -0.383. The third-order valence-corrected chi connectivity index (χ3v) is 5.65. The van der Waals surface area contributed by atoms with Crippen molar-refractivity contribution in [3.05, 3.63) is 29.8 Å². The average Bonchev–Trinajstić information content (AvgIpc) is 2.37. The Morgan fingerprint density at radius 2 is 1.68 bits per heavy atom. The maximum atomic E-state index is 5.61. The first-order valence-corrected chi connectivity index (χ1v) is 7.34. The summed E-state index contributed by atoms with van der Waals surface area (Å²) >= 11 is 0. The third-order valence-electron chi connectivity index (χ3n) is 5.65. The molecule has 1 nitrogen and oxygen atoms in total. The van der Waals surface area contributed by atoms with Gasteiger partial charge in [-0.05, 0) is 42.4 Å². The molecule has 0 radical (unpaired) electrons. The summed E-state index contributed by atoms with van der Waals surface area (Å²) < 4.78 is 5.61. The smallest absolute Gasteiger partial charge is 0.522 e. The SMILES string of the molecule is COc1cc[c-]cc1C12CC3CC(CC(C3)C1)C2.[Li+]. The van der Waals surface area contributed by atoms with Crippen LogP contribution in [0.15, 0.2) is 18.2 Å². The van der Waals surface area contributed by atoms with Crippen LogP contribution in [0.25, 0.3) is 0 Å². The van der Waals surface area contributed by atoms with Crippen LogP contribution in [0.2, 0.25) is 0 Å². The molecule has 0 aromatic heterocycles. The number of rotatable bonds is 2. The van der Waals surface area contributed by atoms with Gasteiger partial charge in [0.1, 0.15) is 0 Å². The summed E-state index contributed by atoms with van der Waals surface area (Å²) in [6.07, 6.45) is 8.68. The van der Waals surface area contributed by atoms with Crippen molar-refractivity contribution in [3.8, 4) is 5.75 Å². The number of methoxy groups -OCH3 is 1. The van der Waals surface area contributed by atoms with Crippen molar-refractivity contribution in [1.82, 2.24) is 0 Å². The van der Waals surface area contributed by atoms with Crippen LogP contribution in [0.4, 0.5) is 0 Å². The average molecular weight is 248 g/mol. The molecule has 19 heavy (non-hydrogen) atoms. The van der Waals surface area contributed by atoms with Crippen molar-refractivity contribution in [2.24, 2.45) is 17.8 Å². The first kappa shape index (κ1) is 13.6. The zero-order valence-electron chi connectivity index (χ0n) is 12.1. The predicted octanol–water partition coefficient (Wildman–Crippen LogP) is 0.967. The minimum atomic E-state index is 0. The molecule has 0 amide bonds. The molecule has 5 rings (SSSR count). The standard InChI is InChI=1S/C17H21O.Li/c1-18-16-5-3-2-4-15(16)17-9-12-6-13(10-17)8-14(7-12)11-17;/h3-5,12-14H,6-11H2,1H3;/q-1;+1. The summed E-state index contributed by atoms with van der Waals surface area (Å²) in [6, 6.07) is 9.55. The molecule has 0 heterocycles. The molecule has 4 aliphatic rings. The predicted molar refractivity (Wildman–Crippen MR) is 71.7 cm³/mol. The second-order valence-electron chi connectivity index (χ2n) is 6.82. The summed E-state index contributed by atoms with van der Waals surface area (Å²) in [4.78, 5) is 0. The Kier molecular flexibility index (Phi) is 3.48. The van der Waals surface area contributed by atoms with E-state index in [-0.39, 0.29) is 18.9 Å². The van der Waals surface area contributed by atoms with Gasteiger partial charge in [-0.1, -0.05) is 19.3 Å². The van der Waals surface area contributed by atoms with Crippen molar-refractivity contribution in [1.29, 1.82) is 0 Å². The Balaban J connectivity index is 0.00000110. The number of benzene rings is 1. The summed E-state index contributed by atoms with van der Waals surface area (Å²) in [5.41, 5.74) is 1.88. The second kappa shape index (κ2) is 4.87. The fourth-order valence-corrected chi connectivity index (χ4v) is 5.45. The molecule has 0 saturated heterocycles. The normalized spacial score (nSPS) is 38.9. The van der Waals surface area contributed by atoms with Crippen molar-refractivity contribution in [3.63, 3.8) is 0 Å². The summed E-state index contributed by atoms with van der Waals surface area (Å²) in [5.74, 6) is 4.05. The largest absolute Gasteiger partial charge is 1.00 e. The zero-order chi connectivity index (χ0) is 12.2. The van der Waals surface area contributed by atoms with Gasteiger partial charge in [0.25, 0.3) is 0 Å². The van der Waals surface area contributed by atoms with E-state index in [1.807, 2.05) is 6.07 Å². The molecule has 4 saturated carbocycles. The molecule has 1 aromatic carbocycles. The van der Waals surface area contributed by atoms with E-state index >= 15 is 0 Å². The van der Waals surface area contributed by atoms with Gasteiger partial charge in [0.05, 0.1) is 7.11 Å². The molecule has 0 atom stereocenters. The third kappa shape index (κ3) is 2.06. The van der Waals surface area contributed by atoms with Gasteiger partial charge in [0, 0.05) is 5.75 Å². The van der Waals surface area contributed by atoms with Gasteiger partial charge in [-0.2, -0.15) is 18.2 Å². The van der Waals surface area contributed by atoms with Crippen molar-refractivity contribution in [2.75, 3.05) is 7.11 Å². The van der Waals surface area contributed by atoms with E-state index in [9.17, 15) is 0 Å². The topological polar surface area (TPSA) is 9.23 Å². The molecular weight excluding hydrogens is 227 g/mol. The minimum Gasteiger partial charge on any atom is -0.522 e. The van der Waals surface area contributed by atoms with Crippen molar-refractivity contribution >= 4 is 0 Å². The second-order valence-corrected chi connectivity index (χ2v) is 6.82. The van der Waals surface area contributed by atoms with E-state index in [0.717, 1.165) is 23.5 Å². The van der Waals surface area contributed by atoms with Crippen LogP contribution in [-0.2, 0) is 5.41 Å². The van der Waals surface area contributed by atoms with E-state index < -0.39 is 0 Å². The molecule has 96 valence electrons. The van der Waals surface area contributed by atoms with E-state index in [2.05, 4.69) is 18.2 Å². The van der Waals surface area contributed by atoms with Gasteiger partial charge in [-0.15, -0.1) is 11.6 Å². The van der Waals surface area contributed by atoms with Gasteiger partial charge in [-0.3, -0.25) is 0 Å². The van der Waals surface area contributed by atoms with Gasteiger partial charge in [0.15, 0.2) is 0 Å². The summed E-state index contributed by atoms with van der Waals surface area (Å²) in [6.45, 7) is 0. The van der Waals surface area contributed by atoms with Crippen LogP contribution < -0.4 is 23.6 Å². The maximum Gasteiger partial charge on any atom is 1.00 e. The summed E-state index contributed by atoms with van der Waals surface area (Å²) in [7, 11) is 1.80. The number of hydrogen-bond acceptors (Lipinski definition) is 1. The molecule has 2 heteroatoms.